The quantitative estimate of drug-likeness (QED) is 0.0947. The van der Waals surface area contributed by atoms with Gasteiger partial charge in [0.05, 0.1) is 28.4 Å². The molecular weight excluding hydrogens is 649 g/mol. The number of rotatable bonds is 17. The summed E-state index contributed by atoms with van der Waals surface area (Å²) in [6.07, 6.45) is 5.39. The number of methoxy groups -OCH3 is 4. The van der Waals surface area contributed by atoms with Crippen molar-refractivity contribution >= 4 is 0 Å². The number of hydrogen-bond donors (Lipinski definition) is 0. The summed E-state index contributed by atoms with van der Waals surface area (Å²) in [4.78, 5) is 0. The van der Waals surface area contributed by atoms with Crippen LogP contribution in [-0.2, 0) is 38.5 Å². The molecule has 52 heavy (non-hydrogen) atoms. The molecule has 0 aromatic heterocycles. The van der Waals surface area contributed by atoms with Crippen LogP contribution in [0.25, 0.3) is 0 Å². The Morgan fingerprint density at radius 2 is 0.635 bits per heavy atom. The molecule has 0 N–H and O–H groups in total. The van der Waals surface area contributed by atoms with E-state index in [1.54, 1.807) is 28.4 Å². The molecule has 0 aliphatic rings. The lowest BCUT2D eigenvalue weighted by atomic mass is 10.0. The van der Waals surface area contributed by atoms with E-state index in [2.05, 4.69) is 72.8 Å². The fourth-order valence-electron chi connectivity index (χ4n) is 6.14. The van der Waals surface area contributed by atoms with Crippen LogP contribution in [0.4, 0.5) is 0 Å². The van der Waals surface area contributed by atoms with Crippen LogP contribution in [0.15, 0.2) is 133 Å². The van der Waals surface area contributed by atoms with Crippen LogP contribution in [-0.4, -0.2) is 28.4 Å². The van der Waals surface area contributed by atoms with Crippen LogP contribution in [0.2, 0.25) is 0 Å². The molecule has 6 nitrogen and oxygen atoms in total. The van der Waals surface area contributed by atoms with Crippen molar-refractivity contribution in [2.45, 2.75) is 38.5 Å². The fourth-order valence-corrected chi connectivity index (χ4v) is 6.14. The Bertz CT molecular complexity index is 1890. The SMILES string of the molecule is COc1cccc(CCc2ccc(OC)c(Oc3ccc(CCc4ccc(Oc5cc(CCc6cccc(OC)c6)ccc5OC)cc4)cc3)c2)c1. The Balaban J connectivity index is 1.02. The first-order chi connectivity index (χ1) is 25.5. The molecule has 0 amide bonds. The molecule has 6 rings (SSSR count). The highest BCUT2D eigenvalue weighted by molar-refractivity contribution is 5.47. The molecule has 6 aromatic carbocycles. The van der Waals surface area contributed by atoms with Crippen molar-refractivity contribution in [1.82, 2.24) is 0 Å². The smallest absolute Gasteiger partial charge is 0.169 e. The van der Waals surface area contributed by atoms with E-state index in [0.29, 0.717) is 23.0 Å². The van der Waals surface area contributed by atoms with Gasteiger partial charge in [0.15, 0.2) is 23.0 Å². The highest BCUT2D eigenvalue weighted by Crippen LogP contribution is 2.35. The molecule has 0 aliphatic carbocycles. The fraction of sp³-hybridized carbons (Fsp3) is 0.217. The first-order valence-corrected chi connectivity index (χ1v) is 17.6. The van der Waals surface area contributed by atoms with Gasteiger partial charge >= 0.3 is 0 Å². The Morgan fingerprint density at radius 3 is 1.00 bits per heavy atom. The number of ether oxygens (including phenoxy) is 6. The predicted molar refractivity (Wildman–Crippen MR) is 207 cm³/mol. The second-order valence-electron chi connectivity index (χ2n) is 12.7. The average molecular weight is 695 g/mol. The second kappa shape index (κ2) is 17.9. The van der Waals surface area contributed by atoms with Gasteiger partial charge in [-0.3, -0.25) is 0 Å². The minimum Gasteiger partial charge on any atom is -0.497 e. The van der Waals surface area contributed by atoms with E-state index in [-0.39, 0.29) is 0 Å². The summed E-state index contributed by atoms with van der Waals surface area (Å²) >= 11 is 0. The van der Waals surface area contributed by atoms with Crippen molar-refractivity contribution in [3.8, 4) is 46.0 Å². The largest absolute Gasteiger partial charge is 0.497 e. The Labute approximate surface area is 307 Å². The van der Waals surface area contributed by atoms with Crippen LogP contribution in [0.5, 0.6) is 46.0 Å². The lowest BCUT2D eigenvalue weighted by Crippen LogP contribution is -1.96. The monoisotopic (exact) mass is 694 g/mol. The zero-order chi connectivity index (χ0) is 36.1. The maximum atomic E-state index is 6.30. The van der Waals surface area contributed by atoms with E-state index in [0.717, 1.165) is 61.5 Å². The lowest BCUT2D eigenvalue weighted by molar-refractivity contribution is 0.378. The Hall–Kier alpha value is -5.88. The first kappa shape index (κ1) is 35.9. The van der Waals surface area contributed by atoms with Crippen LogP contribution >= 0.6 is 0 Å². The molecule has 266 valence electrons. The summed E-state index contributed by atoms with van der Waals surface area (Å²) in [7, 11) is 6.72. The lowest BCUT2D eigenvalue weighted by Gasteiger charge is -2.13. The van der Waals surface area contributed by atoms with E-state index >= 15 is 0 Å². The summed E-state index contributed by atoms with van der Waals surface area (Å²) in [5, 5.41) is 0. The van der Waals surface area contributed by atoms with Gasteiger partial charge in [-0.2, -0.15) is 0 Å². The standard InChI is InChI=1S/C46H46O6/c1-47-41-9-5-7-35(29-41)13-15-37-21-27-43(49-3)45(31-37)51-39-23-17-33(18-24-39)11-12-34-19-25-40(26-20-34)52-46-32-38(22-28-44(46)50-4)16-14-36-8-6-10-42(30-36)48-2/h5-10,17-32H,11-16H2,1-4H3. The van der Waals surface area contributed by atoms with E-state index in [4.69, 9.17) is 28.4 Å². The van der Waals surface area contributed by atoms with Gasteiger partial charge in [-0.1, -0.05) is 60.7 Å². The molecule has 0 fully saturated rings. The highest BCUT2D eigenvalue weighted by Gasteiger charge is 2.11. The Morgan fingerprint density at radius 1 is 0.288 bits per heavy atom. The maximum absolute atomic E-state index is 6.30. The predicted octanol–water partition coefficient (Wildman–Crippen LogP) is 10.7. The molecule has 0 saturated carbocycles. The number of benzene rings is 6. The topological polar surface area (TPSA) is 55.4 Å². The summed E-state index contributed by atoms with van der Waals surface area (Å²) in [6, 6.07) is 45.2. The summed E-state index contributed by atoms with van der Waals surface area (Å²) in [5.74, 6) is 6.12. The molecule has 0 radical (unpaired) electrons. The number of hydrogen-bond acceptors (Lipinski definition) is 6. The van der Waals surface area contributed by atoms with E-state index in [1.165, 1.54) is 33.4 Å². The molecule has 0 aliphatic heterocycles. The van der Waals surface area contributed by atoms with Gasteiger partial charge in [-0.15, -0.1) is 0 Å². The molecular formula is C46H46O6. The van der Waals surface area contributed by atoms with Gasteiger partial charge in [0.1, 0.15) is 23.0 Å². The minimum atomic E-state index is 0.706. The third kappa shape index (κ3) is 9.88. The van der Waals surface area contributed by atoms with Gasteiger partial charge in [0, 0.05) is 0 Å². The zero-order valence-corrected chi connectivity index (χ0v) is 30.4. The molecule has 0 unspecified atom stereocenters. The van der Waals surface area contributed by atoms with Crippen LogP contribution in [0.3, 0.4) is 0 Å². The average Bonchev–Trinajstić information content (AvgIpc) is 3.20. The molecule has 0 heterocycles. The third-order valence-corrected chi connectivity index (χ3v) is 9.13. The molecule has 6 aromatic rings. The maximum Gasteiger partial charge on any atom is 0.169 e. The zero-order valence-electron chi connectivity index (χ0n) is 30.4. The van der Waals surface area contributed by atoms with Gasteiger partial charge in [0.2, 0.25) is 0 Å². The molecule has 0 atom stereocenters. The molecule has 0 spiro atoms. The molecule has 6 heteroatoms. The Kier molecular flexibility index (Phi) is 12.3. The summed E-state index contributed by atoms with van der Waals surface area (Å²) in [5.41, 5.74) is 7.30. The van der Waals surface area contributed by atoms with Crippen molar-refractivity contribution in [3.05, 3.63) is 167 Å². The van der Waals surface area contributed by atoms with Gasteiger partial charge in [-0.05, 0) is 145 Å². The summed E-state index contributed by atoms with van der Waals surface area (Å²) in [6.45, 7) is 0. The second-order valence-corrected chi connectivity index (χ2v) is 12.7. The minimum absolute atomic E-state index is 0.706. The van der Waals surface area contributed by atoms with Gasteiger partial charge in [0.25, 0.3) is 0 Å². The van der Waals surface area contributed by atoms with Crippen molar-refractivity contribution in [3.63, 3.8) is 0 Å². The summed E-state index contributed by atoms with van der Waals surface area (Å²) < 4.78 is 34.6. The van der Waals surface area contributed by atoms with Crippen molar-refractivity contribution in [1.29, 1.82) is 0 Å². The van der Waals surface area contributed by atoms with Crippen LogP contribution in [0.1, 0.15) is 33.4 Å². The van der Waals surface area contributed by atoms with Crippen molar-refractivity contribution in [2.75, 3.05) is 28.4 Å². The van der Waals surface area contributed by atoms with Crippen LogP contribution < -0.4 is 28.4 Å². The van der Waals surface area contributed by atoms with E-state index in [1.807, 2.05) is 60.7 Å². The van der Waals surface area contributed by atoms with Crippen molar-refractivity contribution < 1.29 is 28.4 Å². The van der Waals surface area contributed by atoms with E-state index in [9.17, 15) is 0 Å². The van der Waals surface area contributed by atoms with Crippen molar-refractivity contribution in [2.24, 2.45) is 0 Å². The normalized spacial score (nSPS) is 10.8. The van der Waals surface area contributed by atoms with Gasteiger partial charge < -0.3 is 28.4 Å². The van der Waals surface area contributed by atoms with Crippen LogP contribution in [0, 0.1) is 0 Å². The molecule has 0 saturated heterocycles. The van der Waals surface area contributed by atoms with Gasteiger partial charge in [-0.25, -0.2) is 0 Å². The molecule has 0 bridgehead atoms. The third-order valence-electron chi connectivity index (χ3n) is 9.13. The highest BCUT2D eigenvalue weighted by atomic mass is 16.5. The number of aryl methyl sites for hydroxylation is 6. The van der Waals surface area contributed by atoms with E-state index < -0.39 is 0 Å². The first-order valence-electron chi connectivity index (χ1n) is 17.6.